The fraction of sp³-hybridized carbons (Fsp3) is 0.571. The summed E-state index contributed by atoms with van der Waals surface area (Å²) in [5.41, 5.74) is 2.13. The number of ether oxygens (including phenoxy) is 3. The molecule has 2 aliphatic rings. The van der Waals surface area contributed by atoms with Crippen molar-refractivity contribution in [2.45, 2.75) is 57.4 Å². The molecule has 6 heteroatoms. The summed E-state index contributed by atoms with van der Waals surface area (Å²) < 4.78 is 17.0. The first-order valence-corrected chi connectivity index (χ1v) is 9.73. The van der Waals surface area contributed by atoms with Gasteiger partial charge in [0.25, 0.3) is 0 Å². The third kappa shape index (κ3) is 4.56. The van der Waals surface area contributed by atoms with Gasteiger partial charge in [0.05, 0.1) is 39.0 Å². The van der Waals surface area contributed by atoms with Gasteiger partial charge in [-0.3, -0.25) is 0 Å². The summed E-state index contributed by atoms with van der Waals surface area (Å²) in [5.74, 6) is 2.31. The average Bonchev–Trinajstić information content (AvgIpc) is 3.29. The Morgan fingerprint density at radius 3 is 2.78 bits per heavy atom. The lowest BCUT2D eigenvalue weighted by Gasteiger charge is -2.22. The first-order chi connectivity index (χ1) is 13.2. The van der Waals surface area contributed by atoms with Gasteiger partial charge in [0.15, 0.2) is 17.5 Å². The number of aliphatic imine (C=N–C) groups is 1. The van der Waals surface area contributed by atoms with E-state index in [1.54, 1.807) is 14.2 Å². The summed E-state index contributed by atoms with van der Waals surface area (Å²) in [5, 5.41) is 6.89. The van der Waals surface area contributed by atoms with E-state index in [2.05, 4.69) is 30.2 Å². The Bertz CT molecular complexity index is 689. The second-order valence-corrected chi connectivity index (χ2v) is 7.04. The number of methoxy groups -OCH3 is 2. The van der Waals surface area contributed by atoms with Crippen LogP contribution in [-0.2, 0) is 17.7 Å². The molecule has 3 unspecified atom stereocenters. The lowest BCUT2D eigenvalue weighted by Crippen LogP contribution is -2.47. The van der Waals surface area contributed by atoms with Gasteiger partial charge < -0.3 is 24.8 Å². The van der Waals surface area contributed by atoms with Gasteiger partial charge in [-0.1, -0.05) is 6.08 Å². The van der Waals surface area contributed by atoms with E-state index in [1.807, 2.05) is 12.1 Å². The van der Waals surface area contributed by atoms with Crippen LogP contribution in [0.25, 0.3) is 0 Å². The van der Waals surface area contributed by atoms with Crippen LogP contribution in [0.3, 0.4) is 0 Å². The molecule has 6 nitrogen and oxygen atoms in total. The van der Waals surface area contributed by atoms with E-state index in [4.69, 9.17) is 19.2 Å². The number of benzene rings is 1. The molecule has 0 aromatic heterocycles. The van der Waals surface area contributed by atoms with Gasteiger partial charge in [-0.05, 0) is 50.3 Å². The van der Waals surface area contributed by atoms with Gasteiger partial charge in [-0.2, -0.15) is 0 Å². The zero-order valence-corrected chi connectivity index (χ0v) is 16.6. The molecular formula is C21H31N3O3. The van der Waals surface area contributed by atoms with Crippen LogP contribution in [0.1, 0.15) is 37.3 Å². The van der Waals surface area contributed by atoms with Gasteiger partial charge >= 0.3 is 0 Å². The number of hydrogen-bond donors (Lipinski definition) is 2. The predicted molar refractivity (Wildman–Crippen MR) is 108 cm³/mol. The van der Waals surface area contributed by atoms with E-state index in [-0.39, 0.29) is 0 Å². The summed E-state index contributed by atoms with van der Waals surface area (Å²) in [6, 6.07) is 4.44. The predicted octanol–water partition coefficient (Wildman–Crippen LogP) is 2.81. The van der Waals surface area contributed by atoms with Crippen molar-refractivity contribution in [2.75, 3.05) is 20.8 Å². The molecule has 3 rings (SSSR count). The minimum atomic E-state index is 0.319. The zero-order chi connectivity index (χ0) is 19.2. The van der Waals surface area contributed by atoms with Gasteiger partial charge in [0.1, 0.15) is 0 Å². The molecule has 2 heterocycles. The van der Waals surface area contributed by atoms with E-state index in [9.17, 15) is 0 Å². The summed E-state index contributed by atoms with van der Waals surface area (Å²) in [6.45, 7) is 7.29. The van der Waals surface area contributed by atoms with E-state index in [0.717, 1.165) is 54.4 Å². The molecule has 2 fully saturated rings. The highest BCUT2D eigenvalue weighted by Gasteiger charge is 2.41. The standard InChI is InChI=1S/C21H31N3O3/c1-5-7-15-10-14(11-19(25-3)20(15)26-4)13-23-21(22-6-2)24-17-12-16-8-9-18(17)27-16/h5,10-11,16-18H,1,6-9,12-13H2,2-4H3,(H2,22,23,24). The normalized spacial score (nSPS) is 24.0. The molecule has 0 aliphatic carbocycles. The van der Waals surface area contributed by atoms with Crippen molar-refractivity contribution in [3.05, 3.63) is 35.9 Å². The number of nitrogens with one attached hydrogen (secondary N) is 2. The van der Waals surface area contributed by atoms with Gasteiger partial charge in [-0.15, -0.1) is 6.58 Å². The van der Waals surface area contributed by atoms with E-state index in [1.165, 1.54) is 6.42 Å². The molecule has 2 saturated heterocycles. The number of hydrogen-bond acceptors (Lipinski definition) is 4. The highest BCUT2D eigenvalue weighted by atomic mass is 16.5. The highest BCUT2D eigenvalue weighted by Crippen LogP contribution is 2.35. The van der Waals surface area contributed by atoms with Crippen molar-refractivity contribution < 1.29 is 14.2 Å². The summed E-state index contributed by atoms with van der Waals surface area (Å²) >= 11 is 0. The zero-order valence-electron chi connectivity index (χ0n) is 16.6. The number of nitrogens with zero attached hydrogens (tertiary/aromatic N) is 1. The lowest BCUT2D eigenvalue weighted by atomic mass is 9.96. The molecule has 2 aliphatic heterocycles. The maximum atomic E-state index is 5.94. The van der Waals surface area contributed by atoms with Crippen molar-refractivity contribution >= 4 is 5.96 Å². The maximum absolute atomic E-state index is 5.94. The van der Waals surface area contributed by atoms with Gasteiger partial charge in [-0.25, -0.2) is 4.99 Å². The van der Waals surface area contributed by atoms with Crippen LogP contribution in [0.5, 0.6) is 11.5 Å². The van der Waals surface area contributed by atoms with Crippen molar-refractivity contribution in [3.63, 3.8) is 0 Å². The minimum absolute atomic E-state index is 0.319. The van der Waals surface area contributed by atoms with Crippen LogP contribution < -0.4 is 20.1 Å². The first kappa shape index (κ1) is 19.5. The molecule has 1 aromatic carbocycles. The van der Waals surface area contributed by atoms with Crippen molar-refractivity contribution in [1.29, 1.82) is 0 Å². The number of fused-ring (bicyclic) bond motifs is 2. The molecule has 148 valence electrons. The summed E-state index contributed by atoms with van der Waals surface area (Å²) in [7, 11) is 3.32. The lowest BCUT2D eigenvalue weighted by molar-refractivity contribution is 0.0992. The second kappa shape index (κ2) is 9.13. The van der Waals surface area contributed by atoms with Crippen LogP contribution >= 0.6 is 0 Å². The third-order valence-electron chi connectivity index (χ3n) is 5.17. The minimum Gasteiger partial charge on any atom is -0.493 e. The van der Waals surface area contributed by atoms with Crippen molar-refractivity contribution in [1.82, 2.24) is 10.6 Å². The maximum Gasteiger partial charge on any atom is 0.191 e. The van der Waals surface area contributed by atoms with Crippen molar-refractivity contribution in [2.24, 2.45) is 4.99 Å². The highest BCUT2D eigenvalue weighted by molar-refractivity contribution is 5.80. The molecule has 2 bridgehead atoms. The molecule has 0 saturated carbocycles. The fourth-order valence-electron chi connectivity index (χ4n) is 3.96. The molecule has 2 N–H and O–H groups in total. The smallest absolute Gasteiger partial charge is 0.191 e. The van der Waals surface area contributed by atoms with E-state index < -0.39 is 0 Å². The Labute approximate surface area is 162 Å². The molecule has 0 spiro atoms. The Morgan fingerprint density at radius 1 is 1.33 bits per heavy atom. The van der Waals surface area contributed by atoms with Crippen LogP contribution in [0, 0.1) is 0 Å². The number of guanidine groups is 1. The number of rotatable bonds is 8. The van der Waals surface area contributed by atoms with E-state index >= 15 is 0 Å². The Hall–Kier alpha value is -2.21. The molecule has 1 aromatic rings. The van der Waals surface area contributed by atoms with Crippen LogP contribution in [-0.4, -0.2) is 45.0 Å². The van der Waals surface area contributed by atoms with Gasteiger partial charge in [0.2, 0.25) is 0 Å². The quantitative estimate of drug-likeness (QED) is 0.417. The Kier molecular flexibility index (Phi) is 6.61. The topological polar surface area (TPSA) is 64.1 Å². The monoisotopic (exact) mass is 373 g/mol. The Morgan fingerprint density at radius 2 is 2.19 bits per heavy atom. The SMILES string of the molecule is C=CCc1cc(CN=C(NCC)NC2CC3CCC2O3)cc(OC)c1OC. The molecular weight excluding hydrogens is 342 g/mol. The van der Waals surface area contributed by atoms with Crippen LogP contribution in [0.4, 0.5) is 0 Å². The van der Waals surface area contributed by atoms with Crippen LogP contribution in [0.2, 0.25) is 0 Å². The summed E-state index contributed by atoms with van der Waals surface area (Å²) in [6.07, 6.45) is 6.72. The van der Waals surface area contributed by atoms with Crippen LogP contribution in [0.15, 0.2) is 29.8 Å². The average molecular weight is 373 g/mol. The molecule has 27 heavy (non-hydrogen) atoms. The second-order valence-electron chi connectivity index (χ2n) is 7.04. The van der Waals surface area contributed by atoms with E-state index in [0.29, 0.717) is 24.8 Å². The Balaban J connectivity index is 1.74. The number of allylic oxidation sites excluding steroid dienone is 1. The van der Waals surface area contributed by atoms with Gasteiger partial charge in [0, 0.05) is 12.1 Å². The largest absolute Gasteiger partial charge is 0.493 e. The fourth-order valence-corrected chi connectivity index (χ4v) is 3.96. The third-order valence-corrected chi connectivity index (χ3v) is 5.17. The van der Waals surface area contributed by atoms with Crippen molar-refractivity contribution in [3.8, 4) is 11.5 Å². The summed E-state index contributed by atoms with van der Waals surface area (Å²) in [4.78, 5) is 4.78. The first-order valence-electron chi connectivity index (χ1n) is 9.73. The molecule has 0 radical (unpaired) electrons. The molecule has 0 amide bonds. The molecule has 3 atom stereocenters.